The molecule has 1 saturated carbocycles. The fourth-order valence-corrected chi connectivity index (χ4v) is 2.93. The van der Waals surface area contributed by atoms with E-state index < -0.39 is 11.4 Å². The molecule has 0 aliphatic heterocycles. The number of aromatic nitrogens is 2. The lowest BCUT2D eigenvalue weighted by atomic mass is 9.59. The summed E-state index contributed by atoms with van der Waals surface area (Å²) >= 11 is 0. The van der Waals surface area contributed by atoms with E-state index in [9.17, 15) is 9.90 Å². The highest BCUT2D eigenvalue weighted by molar-refractivity contribution is 5.77. The molecule has 1 aliphatic carbocycles. The summed E-state index contributed by atoms with van der Waals surface area (Å²) in [5, 5.41) is 13.7. The van der Waals surface area contributed by atoms with Crippen molar-refractivity contribution in [2.75, 3.05) is 6.54 Å². The van der Waals surface area contributed by atoms with E-state index in [4.69, 9.17) is 5.73 Å². The minimum absolute atomic E-state index is 0.138. The highest BCUT2D eigenvalue weighted by Crippen LogP contribution is 2.51. The minimum Gasteiger partial charge on any atom is -0.481 e. The van der Waals surface area contributed by atoms with E-state index in [-0.39, 0.29) is 5.92 Å². The van der Waals surface area contributed by atoms with E-state index in [1.54, 1.807) is 10.9 Å². The third-order valence-electron chi connectivity index (χ3n) is 4.08. The summed E-state index contributed by atoms with van der Waals surface area (Å²) in [4.78, 5) is 11.5. The largest absolute Gasteiger partial charge is 0.481 e. The second kappa shape index (κ2) is 4.14. The Labute approximate surface area is 101 Å². The van der Waals surface area contributed by atoms with Gasteiger partial charge in [0.2, 0.25) is 0 Å². The van der Waals surface area contributed by atoms with Crippen LogP contribution in [0.5, 0.6) is 0 Å². The molecule has 1 aromatic heterocycles. The second-order valence-electron chi connectivity index (χ2n) is 4.94. The van der Waals surface area contributed by atoms with Crippen LogP contribution in [-0.2, 0) is 11.8 Å². The number of nitrogens with zero attached hydrogens (tertiary/aromatic N) is 2. The molecular formula is C12H19N3O2. The Bertz CT molecular complexity index is 415. The summed E-state index contributed by atoms with van der Waals surface area (Å²) in [6.45, 7) is 2.31. The molecule has 0 bridgehead atoms. The average Bonchev–Trinajstić information content (AvgIpc) is 2.52. The third-order valence-corrected chi connectivity index (χ3v) is 4.08. The number of rotatable bonds is 4. The molecule has 3 N–H and O–H groups in total. The standard InChI is InChI=1S/C12H19N3O2/c1-8-7-14-15(2)10(8)9(6-13)12(11(16)17)4-3-5-12/h7,9H,3-6,13H2,1-2H3,(H,16,17)/t9-/m1/s1. The summed E-state index contributed by atoms with van der Waals surface area (Å²) < 4.78 is 1.76. The monoisotopic (exact) mass is 237 g/mol. The first-order valence-electron chi connectivity index (χ1n) is 5.95. The first kappa shape index (κ1) is 12.1. The Kier molecular flexibility index (Phi) is 2.95. The van der Waals surface area contributed by atoms with Crippen LogP contribution in [0.3, 0.4) is 0 Å². The maximum atomic E-state index is 11.5. The third kappa shape index (κ3) is 1.65. The molecule has 0 spiro atoms. The smallest absolute Gasteiger partial charge is 0.310 e. The van der Waals surface area contributed by atoms with Gasteiger partial charge in [0, 0.05) is 25.2 Å². The number of aliphatic carboxylic acids is 1. The molecule has 0 saturated heterocycles. The molecule has 17 heavy (non-hydrogen) atoms. The molecule has 1 atom stereocenters. The van der Waals surface area contributed by atoms with Gasteiger partial charge in [-0.15, -0.1) is 0 Å². The van der Waals surface area contributed by atoms with Gasteiger partial charge in [-0.3, -0.25) is 9.48 Å². The molecule has 1 aliphatic rings. The van der Waals surface area contributed by atoms with Crippen LogP contribution >= 0.6 is 0 Å². The van der Waals surface area contributed by atoms with Gasteiger partial charge < -0.3 is 10.8 Å². The van der Waals surface area contributed by atoms with Crippen molar-refractivity contribution in [3.05, 3.63) is 17.5 Å². The van der Waals surface area contributed by atoms with E-state index in [1.165, 1.54) is 0 Å². The zero-order chi connectivity index (χ0) is 12.6. The van der Waals surface area contributed by atoms with Gasteiger partial charge in [-0.05, 0) is 25.3 Å². The molecule has 0 aromatic carbocycles. The summed E-state index contributed by atoms with van der Waals surface area (Å²) in [6.07, 6.45) is 4.18. The number of carboxylic acids is 1. The molecule has 1 aromatic rings. The summed E-state index contributed by atoms with van der Waals surface area (Å²) in [7, 11) is 1.85. The van der Waals surface area contributed by atoms with Crippen LogP contribution in [0, 0.1) is 12.3 Å². The fraction of sp³-hybridized carbons (Fsp3) is 0.667. The Balaban J connectivity index is 2.43. The summed E-state index contributed by atoms with van der Waals surface area (Å²) in [5.41, 5.74) is 7.15. The van der Waals surface area contributed by atoms with Crippen LogP contribution in [0.4, 0.5) is 0 Å². The predicted molar refractivity (Wildman–Crippen MR) is 63.7 cm³/mol. The van der Waals surface area contributed by atoms with Gasteiger partial charge in [0.05, 0.1) is 11.6 Å². The predicted octanol–water partition coefficient (Wildman–Crippen LogP) is 1.03. The Morgan fingerprint density at radius 3 is 2.65 bits per heavy atom. The highest BCUT2D eigenvalue weighted by atomic mass is 16.4. The maximum absolute atomic E-state index is 11.5. The number of carboxylic acid groups (broad SMARTS) is 1. The van der Waals surface area contributed by atoms with Crippen molar-refractivity contribution in [3.8, 4) is 0 Å². The topological polar surface area (TPSA) is 81.1 Å². The minimum atomic E-state index is -0.722. The summed E-state index contributed by atoms with van der Waals surface area (Å²) in [5.74, 6) is -0.860. The molecule has 0 radical (unpaired) electrons. The number of carbonyl (C=O) groups is 1. The van der Waals surface area contributed by atoms with Gasteiger partial charge in [0.15, 0.2) is 0 Å². The molecule has 0 unspecified atom stereocenters. The van der Waals surface area contributed by atoms with Gasteiger partial charge in [-0.2, -0.15) is 5.10 Å². The van der Waals surface area contributed by atoms with Crippen molar-refractivity contribution in [2.45, 2.75) is 32.1 Å². The van der Waals surface area contributed by atoms with E-state index in [1.807, 2.05) is 14.0 Å². The lowest BCUT2D eigenvalue weighted by Gasteiger charge is -2.43. The first-order valence-corrected chi connectivity index (χ1v) is 5.95. The zero-order valence-corrected chi connectivity index (χ0v) is 10.3. The number of nitrogens with two attached hydrogens (primary N) is 1. The van der Waals surface area contributed by atoms with Crippen LogP contribution in [-0.4, -0.2) is 27.4 Å². The van der Waals surface area contributed by atoms with Crippen LogP contribution in [0.2, 0.25) is 0 Å². The molecule has 1 fully saturated rings. The van der Waals surface area contributed by atoms with E-state index in [0.717, 1.165) is 30.5 Å². The van der Waals surface area contributed by atoms with Crippen LogP contribution in [0.1, 0.15) is 36.4 Å². The Morgan fingerprint density at radius 1 is 1.71 bits per heavy atom. The van der Waals surface area contributed by atoms with E-state index >= 15 is 0 Å². The molecular weight excluding hydrogens is 218 g/mol. The van der Waals surface area contributed by atoms with Crippen molar-refractivity contribution in [2.24, 2.45) is 18.2 Å². The average molecular weight is 237 g/mol. The fourth-order valence-electron chi connectivity index (χ4n) is 2.93. The van der Waals surface area contributed by atoms with E-state index in [0.29, 0.717) is 6.54 Å². The van der Waals surface area contributed by atoms with Crippen molar-refractivity contribution in [1.82, 2.24) is 9.78 Å². The molecule has 1 heterocycles. The van der Waals surface area contributed by atoms with E-state index in [2.05, 4.69) is 5.10 Å². The highest BCUT2D eigenvalue weighted by Gasteiger charge is 2.51. The van der Waals surface area contributed by atoms with Crippen molar-refractivity contribution >= 4 is 5.97 Å². The van der Waals surface area contributed by atoms with Crippen molar-refractivity contribution in [3.63, 3.8) is 0 Å². The molecule has 94 valence electrons. The van der Waals surface area contributed by atoms with Crippen LogP contribution in [0.25, 0.3) is 0 Å². The number of hydrogen-bond acceptors (Lipinski definition) is 3. The molecule has 5 nitrogen and oxygen atoms in total. The second-order valence-corrected chi connectivity index (χ2v) is 4.94. The Morgan fingerprint density at radius 2 is 2.35 bits per heavy atom. The number of hydrogen-bond donors (Lipinski definition) is 2. The van der Waals surface area contributed by atoms with Crippen LogP contribution < -0.4 is 5.73 Å². The number of aryl methyl sites for hydroxylation is 2. The quantitative estimate of drug-likeness (QED) is 0.819. The normalized spacial score (nSPS) is 19.7. The molecule has 0 amide bonds. The van der Waals surface area contributed by atoms with Gasteiger partial charge in [-0.25, -0.2) is 0 Å². The van der Waals surface area contributed by atoms with Crippen LogP contribution in [0.15, 0.2) is 6.20 Å². The lowest BCUT2D eigenvalue weighted by Crippen LogP contribution is -2.46. The Hall–Kier alpha value is -1.36. The van der Waals surface area contributed by atoms with Gasteiger partial charge in [0.1, 0.15) is 0 Å². The zero-order valence-electron chi connectivity index (χ0n) is 10.3. The van der Waals surface area contributed by atoms with Gasteiger partial charge in [0.25, 0.3) is 0 Å². The maximum Gasteiger partial charge on any atom is 0.310 e. The molecule has 5 heteroatoms. The SMILES string of the molecule is Cc1cnn(C)c1[C@@H](CN)C1(C(=O)O)CCC1. The van der Waals surface area contributed by atoms with Gasteiger partial charge >= 0.3 is 5.97 Å². The summed E-state index contributed by atoms with van der Waals surface area (Å²) in [6, 6.07) is 0. The lowest BCUT2D eigenvalue weighted by molar-refractivity contribution is -0.156. The van der Waals surface area contributed by atoms with Gasteiger partial charge in [-0.1, -0.05) is 6.42 Å². The van der Waals surface area contributed by atoms with Crippen molar-refractivity contribution in [1.29, 1.82) is 0 Å². The van der Waals surface area contributed by atoms with Crippen molar-refractivity contribution < 1.29 is 9.90 Å². The first-order chi connectivity index (χ1) is 8.03. The molecule has 2 rings (SSSR count).